The number of ether oxygens (including phenoxy) is 2. The Kier molecular flexibility index (Phi) is 6.07. The smallest absolute Gasteiger partial charge is 0.264 e. The molecular weight excluding hydrogens is 492 g/mol. The number of carbonyl (C=O) groups is 1. The van der Waals surface area contributed by atoms with Crippen LogP contribution in [0.1, 0.15) is 34.9 Å². The lowest BCUT2D eigenvalue weighted by molar-refractivity contribution is -0.122. The minimum atomic E-state index is -4.23. The number of sulfonamides is 1. The van der Waals surface area contributed by atoms with Gasteiger partial charge in [0, 0.05) is 22.6 Å². The van der Waals surface area contributed by atoms with Gasteiger partial charge >= 0.3 is 0 Å². The van der Waals surface area contributed by atoms with Crippen LogP contribution >= 0.6 is 0 Å². The topological polar surface area (TPSA) is 120 Å². The zero-order valence-corrected chi connectivity index (χ0v) is 21.7. The molecule has 2 aromatic carbocycles. The van der Waals surface area contributed by atoms with E-state index in [9.17, 15) is 13.2 Å². The van der Waals surface area contributed by atoms with Crippen molar-refractivity contribution < 1.29 is 22.7 Å². The fraction of sp³-hybridized carbons (Fsp3) is 0.259. The summed E-state index contributed by atoms with van der Waals surface area (Å²) in [5.74, 6) is -0.230. The summed E-state index contributed by atoms with van der Waals surface area (Å²) in [6, 6.07) is 13.8. The zero-order valence-electron chi connectivity index (χ0n) is 20.8. The minimum absolute atomic E-state index is 0.0151. The summed E-state index contributed by atoms with van der Waals surface area (Å²) in [5, 5.41) is 0.434. The van der Waals surface area contributed by atoms with Crippen LogP contribution in [0.25, 0.3) is 10.9 Å². The number of rotatable bonds is 7. The van der Waals surface area contributed by atoms with Crippen molar-refractivity contribution in [3.05, 3.63) is 83.4 Å². The summed E-state index contributed by atoms with van der Waals surface area (Å²) < 4.78 is 40.2. The summed E-state index contributed by atoms with van der Waals surface area (Å²) in [6.45, 7) is 3.73. The maximum atomic E-state index is 14.0. The average molecular weight is 519 g/mol. The lowest BCUT2D eigenvalue weighted by atomic mass is 9.89. The molecule has 0 aliphatic heterocycles. The molecule has 9 nitrogen and oxygen atoms in total. The Balaban J connectivity index is 1.58. The number of benzene rings is 2. The Morgan fingerprint density at radius 3 is 2.54 bits per heavy atom. The fourth-order valence-corrected chi connectivity index (χ4v) is 6.06. The maximum absolute atomic E-state index is 14.0. The molecule has 37 heavy (non-hydrogen) atoms. The SMILES string of the molecule is COc1cnc(C2CC2(C(=O)NS(=O)(=O)c2cccc3nc(C)ccc23)c2cc(C)ccc2OC)cn1. The highest BCUT2D eigenvalue weighted by atomic mass is 32.2. The van der Waals surface area contributed by atoms with Crippen molar-refractivity contribution in [3.8, 4) is 11.6 Å². The van der Waals surface area contributed by atoms with Gasteiger partial charge in [0.2, 0.25) is 11.8 Å². The van der Waals surface area contributed by atoms with Gasteiger partial charge in [0.05, 0.1) is 48.1 Å². The quantitative estimate of drug-likeness (QED) is 0.394. The number of aryl methyl sites for hydroxylation is 2. The minimum Gasteiger partial charge on any atom is -0.496 e. The van der Waals surface area contributed by atoms with E-state index in [-0.39, 0.29) is 4.90 Å². The van der Waals surface area contributed by atoms with Crippen LogP contribution in [0, 0.1) is 13.8 Å². The van der Waals surface area contributed by atoms with Crippen molar-refractivity contribution in [2.45, 2.75) is 36.5 Å². The third kappa shape index (κ3) is 4.27. The lowest BCUT2D eigenvalue weighted by Gasteiger charge is -2.21. The lowest BCUT2D eigenvalue weighted by Crippen LogP contribution is -2.40. The molecule has 1 fully saturated rings. The molecule has 0 spiro atoms. The number of fused-ring (bicyclic) bond motifs is 1. The van der Waals surface area contributed by atoms with Crippen LogP contribution in [-0.2, 0) is 20.2 Å². The summed E-state index contributed by atoms with van der Waals surface area (Å²) in [5.41, 5.74) is 2.14. The summed E-state index contributed by atoms with van der Waals surface area (Å²) in [6.07, 6.45) is 3.37. The predicted octanol–water partition coefficient (Wildman–Crippen LogP) is 3.59. The van der Waals surface area contributed by atoms with Gasteiger partial charge in [0.25, 0.3) is 10.0 Å². The Hall–Kier alpha value is -4.05. The second-order valence-electron chi connectivity index (χ2n) is 9.13. The van der Waals surface area contributed by atoms with Crippen LogP contribution in [-0.4, -0.2) is 43.5 Å². The Labute approximate surface area is 214 Å². The second-order valence-corrected chi connectivity index (χ2v) is 10.8. The molecule has 2 aromatic heterocycles. The average Bonchev–Trinajstić information content (AvgIpc) is 3.65. The van der Waals surface area contributed by atoms with Gasteiger partial charge in [0.15, 0.2) is 0 Å². The maximum Gasteiger partial charge on any atom is 0.264 e. The molecule has 1 saturated carbocycles. The number of nitrogens with one attached hydrogen (secondary N) is 1. The first kappa shape index (κ1) is 24.6. The molecule has 10 heteroatoms. The van der Waals surface area contributed by atoms with Gasteiger partial charge in [-0.25, -0.2) is 18.1 Å². The molecule has 1 aliphatic rings. The van der Waals surface area contributed by atoms with Crippen LogP contribution in [0.5, 0.6) is 11.6 Å². The number of pyridine rings is 1. The zero-order chi connectivity index (χ0) is 26.4. The van der Waals surface area contributed by atoms with Crippen molar-refractivity contribution in [1.29, 1.82) is 0 Å². The van der Waals surface area contributed by atoms with Crippen LogP contribution in [0.2, 0.25) is 0 Å². The van der Waals surface area contributed by atoms with Crippen molar-refractivity contribution >= 4 is 26.8 Å². The van der Waals surface area contributed by atoms with Crippen LogP contribution in [0.3, 0.4) is 0 Å². The van der Waals surface area contributed by atoms with E-state index in [0.717, 1.165) is 11.3 Å². The Bertz CT molecular complexity index is 1620. The molecular formula is C27H26N4O5S. The molecule has 5 rings (SSSR count). The summed E-state index contributed by atoms with van der Waals surface area (Å²) in [7, 11) is -1.22. The molecule has 1 N–H and O–H groups in total. The molecule has 4 aromatic rings. The first-order valence-electron chi connectivity index (χ1n) is 11.6. The van der Waals surface area contributed by atoms with E-state index < -0.39 is 27.3 Å². The number of hydrogen-bond donors (Lipinski definition) is 1. The van der Waals surface area contributed by atoms with E-state index in [2.05, 4.69) is 19.7 Å². The van der Waals surface area contributed by atoms with E-state index >= 15 is 0 Å². The van der Waals surface area contributed by atoms with Crippen molar-refractivity contribution in [3.63, 3.8) is 0 Å². The van der Waals surface area contributed by atoms with Gasteiger partial charge in [-0.3, -0.25) is 14.8 Å². The highest BCUT2D eigenvalue weighted by Crippen LogP contribution is 2.62. The van der Waals surface area contributed by atoms with E-state index in [0.29, 0.717) is 40.2 Å². The third-order valence-corrected chi connectivity index (χ3v) is 8.15. The second kappa shape index (κ2) is 9.11. The molecule has 1 aliphatic carbocycles. The van der Waals surface area contributed by atoms with Crippen molar-refractivity contribution in [2.24, 2.45) is 0 Å². The Morgan fingerprint density at radius 1 is 1.03 bits per heavy atom. The van der Waals surface area contributed by atoms with Crippen LogP contribution in [0.4, 0.5) is 0 Å². The number of methoxy groups -OCH3 is 2. The molecule has 2 unspecified atom stereocenters. The molecule has 2 heterocycles. The number of hydrogen-bond acceptors (Lipinski definition) is 8. The monoisotopic (exact) mass is 518 g/mol. The normalized spacial score (nSPS) is 18.9. The highest BCUT2D eigenvalue weighted by molar-refractivity contribution is 7.90. The number of carbonyl (C=O) groups excluding carboxylic acids is 1. The van der Waals surface area contributed by atoms with E-state index in [1.54, 1.807) is 36.5 Å². The van der Waals surface area contributed by atoms with Gasteiger partial charge in [-0.15, -0.1) is 0 Å². The summed E-state index contributed by atoms with van der Waals surface area (Å²) >= 11 is 0. The van der Waals surface area contributed by atoms with E-state index in [4.69, 9.17) is 9.47 Å². The largest absolute Gasteiger partial charge is 0.496 e. The molecule has 2 atom stereocenters. The molecule has 0 bridgehead atoms. The Morgan fingerprint density at radius 2 is 1.84 bits per heavy atom. The van der Waals surface area contributed by atoms with Crippen LogP contribution in [0.15, 0.2) is 65.8 Å². The fourth-order valence-electron chi connectivity index (χ4n) is 4.80. The van der Waals surface area contributed by atoms with Gasteiger partial charge in [0.1, 0.15) is 5.75 Å². The van der Waals surface area contributed by atoms with Crippen molar-refractivity contribution in [2.75, 3.05) is 14.2 Å². The van der Waals surface area contributed by atoms with Gasteiger partial charge in [-0.05, 0) is 50.6 Å². The van der Waals surface area contributed by atoms with Gasteiger partial charge < -0.3 is 9.47 Å². The predicted molar refractivity (Wildman–Crippen MR) is 137 cm³/mol. The van der Waals surface area contributed by atoms with E-state index in [1.807, 2.05) is 26.0 Å². The first-order chi connectivity index (χ1) is 17.7. The third-order valence-electron chi connectivity index (χ3n) is 6.76. The molecule has 1 amide bonds. The molecule has 0 saturated heterocycles. The number of amides is 1. The number of aromatic nitrogens is 3. The molecule has 190 valence electrons. The standard InChI is InChI=1S/C27H26N4O5S/c1-16-8-11-23(35-3)19(12-16)27(13-20(27)22-14-29-25(36-4)15-28-22)26(32)31-37(33,34)24-7-5-6-21-18(24)10-9-17(2)30-21/h5-12,14-15,20H,13H2,1-4H3,(H,31,32). The van der Waals surface area contributed by atoms with Crippen molar-refractivity contribution in [1.82, 2.24) is 19.7 Å². The number of nitrogens with zero attached hydrogens (tertiary/aromatic N) is 3. The highest BCUT2D eigenvalue weighted by Gasteiger charge is 2.64. The van der Waals surface area contributed by atoms with Gasteiger partial charge in [-0.1, -0.05) is 23.8 Å². The first-order valence-corrected chi connectivity index (χ1v) is 13.1. The molecule has 0 radical (unpaired) electrons. The van der Waals surface area contributed by atoms with Gasteiger partial charge in [-0.2, -0.15) is 0 Å². The van der Waals surface area contributed by atoms with E-state index in [1.165, 1.54) is 26.5 Å². The summed E-state index contributed by atoms with van der Waals surface area (Å²) in [4.78, 5) is 27.0. The van der Waals surface area contributed by atoms with Crippen LogP contribution < -0.4 is 14.2 Å².